The maximum Gasteiger partial charge on any atom is 0.243 e. The summed E-state index contributed by atoms with van der Waals surface area (Å²) in [6.07, 6.45) is 6.63. The van der Waals surface area contributed by atoms with E-state index in [4.69, 9.17) is 0 Å². The Kier molecular flexibility index (Phi) is 4.11. The molecule has 3 rings (SSSR count). The number of nitrogens with one attached hydrogen (secondary N) is 1. The van der Waals surface area contributed by atoms with Crippen LogP contribution in [0.4, 0.5) is 10.3 Å². The smallest absolute Gasteiger partial charge is 0.243 e. The summed E-state index contributed by atoms with van der Waals surface area (Å²) in [4.78, 5) is 6.79. The molecule has 1 aliphatic rings. The van der Waals surface area contributed by atoms with E-state index >= 15 is 0 Å². The van der Waals surface area contributed by atoms with Crippen molar-refractivity contribution in [3.8, 4) is 0 Å². The highest BCUT2D eigenvalue weighted by Gasteiger charge is 2.09. The summed E-state index contributed by atoms with van der Waals surface area (Å²) in [6.45, 7) is 4.19. The number of hydrogen-bond acceptors (Lipinski definition) is 4. The van der Waals surface area contributed by atoms with Gasteiger partial charge in [0.25, 0.3) is 0 Å². The Balaban J connectivity index is 1.54. The molecule has 108 valence electrons. The third-order valence-corrected chi connectivity index (χ3v) is 3.70. The molecule has 3 heterocycles. The summed E-state index contributed by atoms with van der Waals surface area (Å²) in [7, 11) is 0. The van der Waals surface area contributed by atoms with Gasteiger partial charge in [-0.1, -0.05) is 12.8 Å². The molecule has 0 aromatic carbocycles. The zero-order valence-electron chi connectivity index (χ0n) is 11.6. The summed E-state index contributed by atoms with van der Waals surface area (Å²) in [5.74, 6) is 0.254. The minimum Gasteiger partial charge on any atom is -0.352 e. The standard InChI is InChI=1S/C14H20FN5/c15-12-5-6-13-17-14(18-20(13)11-12)16-7-10-19-8-3-1-2-4-9-19/h5-6,11H,1-4,7-10H2,(H,16,18). The zero-order chi connectivity index (χ0) is 13.8. The van der Waals surface area contributed by atoms with Gasteiger partial charge in [-0.2, -0.15) is 4.98 Å². The lowest BCUT2D eigenvalue weighted by molar-refractivity contribution is 0.296. The van der Waals surface area contributed by atoms with Gasteiger partial charge in [-0.3, -0.25) is 0 Å². The number of rotatable bonds is 4. The number of fused-ring (bicyclic) bond motifs is 1. The Hall–Kier alpha value is -1.69. The quantitative estimate of drug-likeness (QED) is 0.930. The molecule has 1 aliphatic heterocycles. The van der Waals surface area contributed by atoms with Crippen LogP contribution in [0.3, 0.4) is 0 Å². The Morgan fingerprint density at radius 2 is 1.95 bits per heavy atom. The molecule has 1 N–H and O–H groups in total. The minimum absolute atomic E-state index is 0.307. The summed E-state index contributed by atoms with van der Waals surface area (Å²) in [5.41, 5.74) is 0.656. The minimum atomic E-state index is -0.307. The number of pyridine rings is 1. The fraction of sp³-hybridized carbons (Fsp3) is 0.571. The molecule has 0 spiro atoms. The number of anilines is 1. The molecule has 0 amide bonds. The van der Waals surface area contributed by atoms with Crippen molar-refractivity contribution in [1.29, 1.82) is 0 Å². The maximum atomic E-state index is 13.1. The van der Waals surface area contributed by atoms with E-state index in [0.717, 1.165) is 13.1 Å². The molecule has 0 aliphatic carbocycles. The van der Waals surface area contributed by atoms with E-state index in [1.54, 1.807) is 6.07 Å². The summed E-state index contributed by atoms with van der Waals surface area (Å²) in [6, 6.07) is 3.02. The van der Waals surface area contributed by atoms with Crippen molar-refractivity contribution in [2.45, 2.75) is 25.7 Å². The second-order valence-corrected chi connectivity index (χ2v) is 5.27. The molecule has 2 aromatic heterocycles. The third kappa shape index (κ3) is 3.25. The van der Waals surface area contributed by atoms with Crippen LogP contribution in [0, 0.1) is 5.82 Å². The molecule has 1 fully saturated rings. The van der Waals surface area contributed by atoms with E-state index < -0.39 is 0 Å². The van der Waals surface area contributed by atoms with Crippen LogP contribution in [0.15, 0.2) is 18.3 Å². The zero-order valence-corrected chi connectivity index (χ0v) is 11.6. The average Bonchev–Trinajstić information content (AvgIpc) is 2.66. The lowest BCUT2D eigenvalue weighted by Crippen LogP contribution is -2.30. The second-order valence-electron chi connectivity index (χ2n) is 5.27. The topological polar surface area (TPSA) is 45.5 Å². The van der Waals surface area contributed by atoms with Crippen molar-refractivity contribution < 1.29 is 4.39 Å². The van der Waals surface area contributed by atoms with Gasteiger partial charge >= 0.3 is 0 Å². The van der Waals surface area contributed by atoms with Crippen LogP contribution in [0.1, 0.15) is 25.7 Å². The van der Waals surface area contributed by atoms with Gasteiger partial charge in [0.15, 0.2) is 5.65 Å². The van der Waals surface area contributed by atoms with Crippen molar-refractivity contribution in [3.05, 3.63) is 24.1 Å². The highest BCUT2D eigenvalue weighted by Crippen LogP contribution is 2.10. The molecular weight excluding hydrogens is 257 g/mol. The molecule has 2 aromatic rings. The number of nitrogens with zero attached hydrogens (tertiary/aromatic N) is 4. The second kappa shape index (κ2) is 6.17. The predicted octanol–water partition coefficient (Wildman–Crippen LogP) is 2.16. The Labute approximate surface area is 117 Å². The molecule has 0 saturated carbocycles. The first-order chi connectivity index (χ1) is 9.81. The molecule has 0 radical (unpaired) electrons. The molecule has 1 saturated heterocycles. The SMILES string of the molecule is Fc1ccc2nc(NCCN3CCCCCC3)nn2c1. The molecule has 0 atom stereocenters. The van der Waals surface area contributed by atoms with Gasteiger partial charge in [0.05, 0.1) is 6.20 Å². The maximum absolute atomic E-state index is 13.1. The molecule has 0 bridgehead atoms. The molecule has 20 heavy (non-hydrogen) atoms. The normalized spacial score (nSPS) is 17.2. The lowest BCUT2D eigenvalue weighted by Gasteiger charge is -2.19. The monoisotopic (exact) mass is 277 g/mol. The highest BCUT2D eigenvalue weighted by molar-refractivity contribution is 5.42. The van der Waals surface area contributed by atoms with Crippen molar-refractivity contribution in [1.82, 2.24) is 19.5 Å². The van der Waals surface area contributed by atoms with Crippen LogP contribution in [0.5, 0.6) is 0 Å². The van der Waals surface area contributed by atoms with Gasteiger partial charge < -0.3 is 10.2 Å². The van der Waals surface area contributed by atoms with Crippen LogP contribution >= 0.6 is 0 Å². The Bertz CT molecular complexity index is 560. The highest BCUT2D eigenvalue weighted by atomic mass is 19.1. The largest absolute Gasteiger partial charge is 0.352 e. The van der Waals surface area contributed by atoms with Crippen molar-refractivity contribution in [2.24, 2.45) is 0 Å². The summed E-state index contributed by atoms with van der Waals surface area (Å²) >= 11 is 0. The van der Waals surface area contributed by atoms with E-state index in [-0.39, 0.29) is 5.82 Å². The first-order valence-electron chi connectivity index (χ1n) is 7.29. The van der Waals surface area contributed by atoms with Crippen LogP contribution in [-0.2, 0) is 0 Å². The van der Waals surface area contributed by atoms with Gasteiger partial charge in [-0.15, -0.1) is 5.10 Å². The molecular formula is C14H20FN5. The number of likely N-dealkylation sites (tertiary alicyclic amines) is 1. The fourth-order valence-electron chi connectivity index (χ4n) is 2.62. The summed E-state index contributed by atoms with van der Waals surface area (Å²) in [5, 5.41) is 7.42. The van der Waals surface area contributed by atoms with E-state index in [0.29, 0.717) is 11.6 Å². The van der Waals surface area contributed by atoms with E-state index in [2.05, 4.69) is 20.3 Å². The van der Waals surface area contributed by atoms with E-state index in [1.807, 2.05) is 0 Å². The summed E-state index contributed by atoms with van der Waals surface area (Å²) < 4.78 is 14.5. The van der Waals surface area contributed by atoms with E-state index in [9.17, 15) is 4.39 Å². The number of aromatic nitrogens is 3. The predicted molar refractivity (Wildman–Crippen MR) is 76.3 cm³/mol. The first kappa shape index (κ1) is 13.3. The van der Waals surface area contributed by atoms with Crippen LogP contribution in [-0.4, -0.2) is 45.7 Å². The van der Waals surface area contributed by atoms with Crippen LogP contribution in [0.25, 0.3) is 5.65 Å². The van der Waals surface area contributed by atoms with Crippen molar-refractivity contribution >= 4 is 11.6 Å². The van der Waals surface area contributed by atoms with Gasteiger partial charge in [-0.05, 0) is 38.1 Å². The first-order valence-corrected chi connectivity index (χ1v) is 7.29. The Morgan fingerprint density at radius 1 is 1.15 bits per heavy atom. The molecule has 0 unspecified atom stereocenters. The van der Waals surface area contributed by atoms with Crippen LogP contribution in [0.2, 0.25) is 0 Å². The molecule has 5 nitrogen and oxygen atoms in total. The van der Waals surface area contributed by atoms with Gasteiger partial charge in [0, 0.05) is 13.1 Å². The number of hydrogen-bond donors (Lipinski definition) is 1. The molecule has 6 heteroatoms. The number of halogens is 1. The van der Waals surface area contributed by atoms with Gasteiger partial charge in [-0.25, -0.2) is 8.91 Å². The third-order valence-electron chi connectivity index (χ3n) is 3.70. The van der Waals surface area contributed by atoms with Crippen molar-refractivity contribution in [2.75, 3.05) is 31.5 Å². The Morgan fingerprint density at radius 3 is 2.75 bits per heavy atom. The fourth-order valence-corrected chi connectivity index (χ4v) is 2.62. The van der Waals surface area contributed by atoms with E-state index in [1.165, 1.54) is 55.6 Å². The van der Waals surface area contributed by atoms with Gasteiger partial charge in [0.2, 0.25) is 5.95 Å². The van der Waals surface area contributed by atoms with Gasteiger partial charge in [0.1, 0.15) is 5.82 Å². The van der Waals surface area contributed by atoms with Crippen LogP contribution < -0.4 is 5.32 Å². The average molecular weight is 277 g/mol. The lowest BCUT2D eigenvalue weighted by atomic mass is 10.2. The van der Waals surface area contributed by atoms with Crippen molar-refractivity contribution in [3.63, 3.8) is 0 Å².